The fourth-order valence-corrected chi connectivity index (χ4v) is 2.07. The van der Waals surface area contributed by atoms with Crippen molar-refractivity contribution in [1.29, 1.82) is 0 Å². The zero-order valence-electron chi connectivity index (χ0n) is 11.8. The van der Waals surface area contributed by atoms with Gasteiger partial charge in [0.05, 0.1) is 0 Å². The Morgan fingerprint density at radius 3 is 2.58 bits per heavy atom. The average molecular weight is 271 g/mol. The zero-order chi connectivity index (χ0) is 14.3. The van der Waals surface area contributed by atoms with Crippen LogP contribution in [0.15, 0.2) is 24.3 Å². The predicted octanol–water partition coefficient (Wildman–Crippen LogP) is 4.37. The Morgan fingerprint density at radius 1 is 1.26 bits per heavy atom. The molecule has 19 heavy (non-hydrogen) atoms. The summed E-state index contributed by atoms with van der Waals surface area (Å²) in [5.41, 5.74) is 1.00. The first-order valence-corrected chi connectivity index (χ1v) is 6.86. The molecule has 0 fully saturated rings. The molecular formula is C15H23F2NO. The van der Waals surface area contributed by atoms with Gasteiger partial charge < -0.3 is 10.1 Å². The minimum absolute atomic E-state index is 0.172. The highest BCUT2D eigenvalue weighted by Gasteiger charge is 2.18. The monoisotopic (exact) mass is 271 g/mol. The van der Waals surface area contributed by atoms with Crippen LogP contribution >= 0.6 is 0 Å². The number of rotatable bonds is 8. The largest absolute Gasteiger partial charge is 0.435 e. The Labute approximate surface area is 114 Å². The third kappa shape index (κ3) is 5.15. The Morgan fingerprint density at radius 2 is 2.00 bits per heavy atom. The van der Waals surface area contributed by atoms with Gasteiger partial charge in [0.1, 0.15) is 5.75 Å². The minimum atomic E-state index is -2.78. The maximum atomic E-state index is 12.2. The number of alkyl halides is 2. The van der Waals surface area contributed by atoms with E-state index in [4.69, 9.17) is 0 Å². The van der Waals surface area contributed by atoms with Crippen LogP contribution in [-0.4, -0.2) is 13.2 Å². The van der Waals surface area contributed by atoms with Crippen molar-refractivity contribution in [3.8, 4) is 5.75 Å². The molecule has 1 rings (SSSR count). The van der Waals surface area contributed by atoms with E-state index in [0.717, 1.165) is 24.9 Å². The van der Waals surface area contributed by atoms with Gasteiger partial charge in [-0.1, -0.05) is 39.3 Å². The molecule has 0 saturated heterocycles. The molecule has 0 radical (unpaired) electrons. The topological polar surface area (TPSA) is 21.3 Å². The maximum absolute atomic E-state index is 12.2. The van der Waals surface area contributed by atoms with Gasteiger partial charge in [0.25, 0.3) is 0 Å². The smallest absolute Gasteiger partial charge is 0.387 e. The molecule has 0 aromatic heterocycles. The van der Waals surface area contributed by atoms with E-state index >= 15 is 0 Å². The van der Waals surface area contributed by atoms with Gasteiger partial charge in [-0.15, -0.1) is 0 Å². The fraction of sp³-hybridized carbons (Fsp3) is 0.600. The predicted molar refractivity (Wildman–Crippen MR) is 73.6 cm³/mol. The van der Waals surface area contributed by atoms with Crippen molar-refractivity contribution in [2.75, 3.05) is 6.54 Å². The van der Waals surface area contributed by atoms with Gasteiger partial charge in [-0.25, -0.2) is 0 Å². The second kappa shape index (κ2) is 8.10. The van der Waals surface area contributed by atoms with Gasteiger partial charge in [0.2, 0.25) is 0 Å². The van der Waals surface area contributed by atoms with Crippen molar-refractivity contribution in [2.45, 2.75) is 46.3 Å². The van der Waals surface area contributed by atoms with Crippen molar-refractivity contribution in [2.24, 2.45) is 5.92 Å². The van der Waals surface area contributed by atoms with Crippen LogP contribution in [-0.2, 0) is 0 Å². The average Bonchev–Trinajstić information content (AvgIpc) is 2.38. The zero-order valence-corrected chi connectivity index (χ0v) is 11.8. The standard InChI is InChI=1S/C15H23F2NO/c1-4-9-18-14(11(3)5-2)12-7-6-8-13(10-12)19-15(16)17/h6-8,10-11,14-15,18H,4-5,9H2,1-3H3. The number of nitrogens with one attached hydrogen (secondary N) is 1. The van der Waals surface area contributed by atoms with E-state index < -0.39 is 6.61 Å². The molecule has 0 aliphatic rings. The molecule has 0 heterocycles. The van der Waals surface area contributed by atoms with E-state index in [1.807, 2.05) is 6.07 Å². The molecule has 0 saturated carbocycles. The molecule has 4 heteroatoms. The van der Waals surface area contributed by atoms with Crippen molar-refractivity contribution < 1.29 is 13.5 Å². The van der Waals surface area contributed by atoms with E-state index in [0.29, 0.717) is 5.92 Å². The molecule has 2 unspecified atom stereocenters. The van der Waals surface area contributed by atoms with Crippen LogP contribution in [0.1, 0.15) is 45.2 Å². The molecule has 0 spiro atoms. The van der Waals surface area contributed by atoms with Crippen LogP contribution < -0.4 is 10.1 Å². The first-order valence-electron chi connectivity index (χ1n) is 6.86. The summed E-state index contributed by atoms with van der Waals surface area (Å²) in [4.78, 5) is 0. The van der Waals surface area contributed by atoms with Crippen molar-refractivity contribution >= 4 is 0 Å². The number of benzene rings is 1. The summed E-state index contributed by atoms with van der Waals surface area (Å²) in [6, 6.07) is 7.15. The molecule has 1 N–H and O–H groups in total. The van der Waals surface area contributed by atoms with Crippen LogP contribution in [0, 0.1) is 5.92 Å². The minimum Gasteiger partial charge on any atom is -0.435 e. The van der Waals surface area contributed by atoms with Gasteiger partial charge >= 0.3 is 6.61 Å². The fourth-order valence-electron chi connectivity index (χ4n) is 2.07. The quantitative estimate of drug-likeness (QED) is 0.758. The van der Waals surface area contributed by atoms with E-state index in [9.17, 15) is 8.78 Å². The molecule has 0 aliphatic heterocycles. The summed E-state index contributed by atoms with van der Waals surface area (Å²) < 4.78 is 28.9. The summed E-state index contributed by atoms with van der Waals surface area (Å²) in [5, 5.41) is 3.47. The van der Waals surface area contributed by atoms with Crippen LogP contribution in [0.25, 0.3) is 0 Å². The second-order valence-electron chi connectivity index (χ2n) is 4.77. The highest BCUT2D eigenvalue weighted by Crippen LogP contribution is 2.27. The lowest BCUT2D eigenvalue weighted by Crippen LogP contribution is -2.27. The molecule has 2 nitrogen and oxygen atoms in total. The Hall–Kier alpha value is -1.16. The van der Waals surface area contributed by atoms with Gasteiger partial charge in [0, 0.05) is 6.04 Å². The lowest BCUT2D eigenvalue weighted by atomic mass is 9.92. The lowest BCUT2D eigenvalue weighted by molar-refractivity contribution is -0.0499. The molecular weight excluding hydrogens is 248 g/mol. The van der Waals surface area contributed by atoms with Crippen LogP contribution in [0.2, 0.25) is 0 Å². The molecule has 1 aromatic rings. The number of halogens is 2. The normalized spacial score (nSPS) is 14.4. The number of hydrogen-bond acceptors (Lipinski definition) is 2. The second-order valence-corrected chi connectivity index (χ2v) is 4.77. The van der Waals surface area contributed by atoms with Crippen LogP contribution in [0.3, 0.4) is 0 Å². The molecule has 0 bridgehead atoms. The first-order chi connectivity index (χ1) is 9.08. The van der Waals surface area contributed by atoms with Crippen molar-refractivity contribution in [1.82, 2.24) is 5.32 Å². The van der Waals surface area contributed by atoms with E-state index in [1.165, 1.54) is 0 Å². The summed E-state index contributed by atoms with van der Waals surface area (Å²) in [6.45, 7) is 4.53. The number of hydrogen-bond donors (Lipinski definition) is 1. The highest BCUT2D eigenvalue weighted by molar-refractivity contribution is 5.31. The Kier molecular flexibility index (Phi) is 6.78. The van der Waals surface area contributed by atoms with Crippen molar-refractivity contribution in [3.05, 3.63) is 29.8 Å². The van der Waals surface area contributed by atoms with E-state index in [1.54, 1.807) is 18.2 Å². The summed E-state index contributed by atoms with van der Waals surface area (Å²) in [7, 11) is 0. The van der Waals surface area contributed by atoms with Gasteiger partial charge in [0.15, 0.2) is 0 Å². The van der Waals surface area contributed by atoms with Crippen molar-refractivity contribution in [3.63, 3.8) is 0 Å². The first kappa shape index (κ1) is 15.9. The molecule has 0 aliphatic carbocycles. The van der Waals surface area contributed by atoms with Gasteiger partial charge in [-0.2, -0.15) is 8.78 Å². The lowest BCUT2D eigenvalue weighted by Gasteiger charge is -2.25. The van der Waals surface area contributed by atoms with Gasteiger partial charge in [-0.05, 0) is 36.6 Å². The summed E-state index contributed by atoms with van der Waals surface area (Å²) in [5.74, 6) is 0.660. The molecule has 2 atom stereocenters. The van der Waals surface area contributed by atoms with E-state index in [2.05, 4.69) is 30.8 Å². The number of ether oxygens (including phenoxy) is 1. The summed E-state index contributed by atoms with van der Waals surface area (Å²) in [6.07, 6.45) is 2.07. The molecule has 108 valence electrons. The van der Waals surface area contributed by atoms with E-state index in [-0.39, 0.29) is 11.8 Å². The SMILES string of the molecule is CCCNC(c1cccc(OC(F)F)c1)C(C)CC. The van der Waals surface area contributed by atoms with Crippen LogP contribution in [0.5, 0.6) is 5.75 Å². The Bertz CT molecular complexity index is 371. The molecule has 0 amide bonds. The third-order valence-electron chi connectivity index (χ3n) is 3.27. The van der Waals surface area contributed by atoms with Crippen LogP contribution in [0.4, 0.5) is 8.78 Å². The molecule has 1 aromatic carbocycles. The van der Waals surface area contributed by atoms with Gasteiger partial charge in [-0.3, -0.25) is 0 Å². The highest BCUT2D eigenvalue weighted by atomic mass is 19.3. The maximum Gasteiger partial charge on any atom is 0.387 e. The summed E-state index contributed by atoms with van der Waals surface area (Å²) >= 11 is 0. The third-order valence-corrected chi connectivity index (χ3v) is 3.27. The Balaban J connectivity index is 2.88.